The molecule has 1 aromatic heterocycles. The summed E-state index contributed by atoms with van der Waals surface area (Å²) in [5.74, 6) is 2.29. The molecule has 3 rings (SSSR count). The smallest absolute Gasteiger partial charge is 0.231 e. The van der Waals surface area contributed by atoms with Gasteiger partial charge in [-0.05, 0) is 24.5 Å². The Balaban J connectivity index is 1.81. The van der Waals surface area contributed by atoms with Crippen LogP contribution in [0.3, 0.4) is 0 Å². The number of rotatable bonds is 6. The van der Waals surface area contributed by atoms with Gasteiger partial charge in [0.2, 0.25) is 6.79 Å². The highest BCUT2D eigenvalue weighted by atomic mass is 32.1. The molecule has 5 nitrogen and oxygen atoms in total. The lowest BCUT2D eigenvalue weighted by Crippen LogP contribution is -2.21. The van der Waals surface area contributed by atoms with Crippen molar-refractivity contribution in [3.63, 3.8) is 0 Å². The van der Waals surface area contributed by atoms with E-state index < -0.39 is 0 Å². The first-order valence-corrected chi connectivity index (χ1v) is 7.82. The van der Waals surface area contributed by atoms with E-state index >= 15 is 0 Å². The Hall–Kier alpha value is -1.79. The van der Waals surface area contributed by atoms with Gasteiger partial charge < -0.3 is 19.9 Å². The van der Waals surface area contributed by atoms with E-state index in [1.54, 1.807) is 16.8 Å². The second kappa shape index (κ2) is 6.32. The Morgan fingerprint density at radius 1 is 1.38 bits per heavy atom. The van der Waals surface area contributed by atoms with Crippen molar-refractivity contribution in [3.8, 4) is 17.2 Å². The quantitative estimate of drug-likeness (QED) is 0.889. The van der Waals surface area contributed by atoms with Gasteiger partial charge in [0.05, 0.1) is 10.4 Å². The van der Waals surface area contributed by atoms with Gasteiger partial charge >= 0.3 is 0 Å². The molecule has 1 aliphatic heterocycles. The second-order valence-electron chi connectivity index (χ2n) is 4.94. The number of hydrogen-bond acceptors (Lipinski definition) is 6. The van der Waals surface area contributed by atoms with Crippen LogP contribution in [0.5, 0.6) is 17.2 Å². The van der Waals surface area contributed by atoms with Crippen LogP contribution in [0.25, 0.3) is 0 Å². The predicted octanol–water partition coefficient (Wildman–Crippen LogP) is 2.73. The monoisotopic (exact) mass is 306 g/mol. The molecule has 0 bridgehead atoms. The van der Waals surface area contributed by atoms with Crippen LogP contribution in [-0.4, -0.2) is 17.8 Å². The van der Waals surface area contributed by atoms with E-state index in [4.69, 9.17) is 19.9 Å². The van der Waals surface area contributed by atoms with Crippen molar-refractivity contribution in [1.82, 2.24) is 4.98 Å². The fourth-order valence-corrected chi connectivity index (χ4v) is 2.65. The van der Waals surface area contributed by atoms with Crippen LogP contribution in [-0.2, 0) is 13.0 Å². The molecule has 0 amide bonds. The van der Waals surface area contributed by atoms with Crippen LogP contribution in [0.4, 0.5) is 0 Å². The highest BCUT2D eigenvalue weighted by Crippen LogP contribution is 2.39. The number of nitrogens with two attached hydrogens (primary N) is 1. The first kappa shape index (κ1) is 14.2. The van der Waals surface area contributed by atoms with Crippen LogP contribution >= 0.6 is 11.3 Å². The summed E-state index contributed by atoms with van der Waals surface area (Å²) >= 11 is 1.58. The summed E-state index contributed by atoms with van der Waals surface area (Å²) in [7, 11) is 0. The van der Waals surface area contributed by atoms with Crippen LogP contribution in [0.15, 0.2) is 23.8 Å². The topological polar surface area (TPSA) is 66.6 Å². The lowest BCUT2D eigenvalue weighted by atomic mass is 10.0. The van der Waals surface area contributed by atoms with Gasteiger partial charge in [0.1, 0.15) is 12.4 Å². The Morgan fingerprint density at radius 2 is 2.19 bits per heavy atom. The third-order valence-electron chi connectivity index (χ3n) is 3.42. The summed E-state index contributed by atoms with van der Waals surface area (Å²) in [6.07, 6.45) is 3.49. The standard InChI is InChI=1S/C15H18N2O3S/c1-2-11(16)3-10-4-14-15(20-9-19-14)5-13(10)18-7-12-6-17-8-21-12/h4-6,8,11H,2-3,7,9,16H2,1H3. The molecule has 1 aromatic carbocycles. The SMILES string of the molecule is CCC(N)Cc1cc2c(cc1OCc1cncs1)OCO2. The summed E-state index contributed by atoms with van der Waals surface area (Å²) in [6.45, 7) is 2.83. The van der Waals surface area contributed by atoms with Crippen molar-refractivity contribution in [2.24, 2.45) is 5.73 Å². The minimum absolute atomic E-state index is 0.108. The normalized spacial score (nSPS) is 14.2. The van der Waals surface area contributed by atoms with Crippen LogP contribution in [0, 0.1) is 0 Å². The Morgan fingerprint density at radius 3 is 2.90 bits per heavy atom. The Kier molecular flexibility index (Phi) is 4.26. The maximum atomic E-state index is 6.07. The van der Waals surface area contributed by atoms with Crippen molar-refractivity contribution in [1.29, 1.82) is 0 Å². The minimum atomic E-state index is 0.108. The zero-order chi connectivity index (χ0) is 14.7. The molecule has 6 heteroatoms. The first-order chi connectivity index (χ1) is 10.3. The summed E-state index contributed by atoms with van der Waals surface area (Å²) in [5, 5.41) is 0. The maximum absolute atomic E-state index is 6.07. The first-order valence-electron chi connectivity index (χ1n) is 6.94. The summed E-state index contributed by atoms with van der Waals surface area (Å²) < 4.78 is 16.8. The van der Waals surface area contributed by atoms with E-state index in [1.165, 1.54) is 0 Å². The van der Waals surface area contributed by atoms with E-state index in [1.807, 2.05) is 18.3 Å². The molecule has 0 aliphatic carbocycles. The zero-order valence-electron chi connectivity index (χ0n) is 11.9. The largest absolute Gasteiger partial charge is 0.488 e. The molecule has 21 heavy (non-hydrogen) atoms. The zero-order valence-corrected chi connectivity index (χ0v) is 12.7. The van der Waals surface area contributed by atoms with Gasteiger partial charge in [-0.1, -0.05) is 6.92 Å². The summed E-state index contributed by atoms with van der Waals surface area (Å²) in [4.78, 5) is 5.13. The predicted molar refractivity (Wildman–Crippen MR) is 81.0 cm³/mol. The molecule has 0 fully saturated rings. The fraction of sp³-hybridized carbons (Fsp3) is 0.400. The summed E-state index contributed by atoms with van der Waals surface area (Å²) in [5.41, 5.74) is 8.93. The van der Waals surface area contributed by atoms with Crippen LogP contribution in [0.1, 0.15) is 23.8 Å². The Bertz CT molecular complexity index is 601. The van der Waals surface area contributed by atoms with Gasteiger partial charge in [-0.25, -0.2) is 0 Å². The lowest BCUT2D eigenvalue weighted by molar-refractivity contribution is 0.173. The molecule has 0 spiro atoms. The molecule has 0 saturated heterocycles. The molecule has 1 unspecified atom stereocenters. The molecule has 2 heterocycles. The molecule has 112 valence electrons. The molecule has 1 aliphatic rings. The van der Waals surface area contributed by atoms with Crippen molar-refractivity contribution >= 4 is 11.3 Å². The molecular weight excluding hydrogens is 288 g/mol. The molecule has 2 aromatic rings. The molecular formula is C15H18N2O3S. The van der Waals surface area contributed by atoms with Crippen molar-refractivity contribution in [3.05, 3.63) is 34.3 Å². The maximum Gasteiger partial charge on any atom is 0.231 e. The lowest BCUT2D eigenvalue weighted by Gasteiger charge is -2.15. The number of fused-ring (bicyclic) bond motifs is 1. The van der Waals surface area contributed by atoms with Gasteiger partial charge in [-0.2, -0.15) is 0 Å². The second-order valence-corrected chi connectivity index (χ2v) is 5.91. The van der Waals surface area contributed by atoms with Crippen molar-refractivity contribution in [2.75, 3.05) is 6.79 Å². The highest BCUT2D eigenvalue weighted by Gasteiger charge is 2.19. The van der Waals surface area contributed by atoms with E-state index in [2.05, 4.69) is 11.9 Å². The van der Waals surface area contributed by atoms with Gasteiger partial charge in [-0.3, -0.25) is 4.98 Å². The number of nitrogens with zero attached hydrogens (tertiary/aromatic N) is 1. The van der Waals surface area contributed by atoms with E-state index in [0.717, 1.165) is 40.5 Å². The number of thiazole rings is 1. The van der Waals surface area contributed by atoms with E-state index in [-0.39, 0.29) is 12.8 Å². The molecule has 0 radical (unpaired) electrons. The van der Waals surface area contributed by atoms with Gasteiger partial charge in [0.15, 0.2) is 11.5 Å². The van der Waals surface area contributed by atoms with Crippen molar-refractivity contribution in [2.45, 2.75) is 32.4 Å². The third-order valence-corrected chi connectivity index (χ3v) is 4.17. The van der Waals surface area contributed by atoms with Gasteiger partial charge in [0.25, 0.3) is 0 Å². The number of aromatic nitrogens is 1. The fourth-order valence-electron chi connectivity index (χ4n) is 2.15. The van der Waals surface area contributed by atoms with Crippen molar-refractivity contribution < 1.29 is 14.2 Å². The average molecular weight is 306 g/mol. The number of hydrogen-bond donors (Lipinski definition) is 1. The van der Waals surface area contributed by atoms with E-state index in [0.29, 0.717) is 6.61 Å². The molecule has 0 saturated carbocycles. The highest BCUT2D eigenvalue weighted by molar-refractivity contribution is 7.09. The molecule has 2 N–H and O–H groups in total. The summed E-state index contributed by atoms with van der Waals surface area (Å²) in [6, 6.07) is 3.97. The van der Waals surface area contributed by atoms with Crippen LogP contribution < -0.4 is 19.9 Å². The average Bonchev–Trinajstić information content (AvgIpc) is 3.15. The minimum Gasteiger partial charge on any atom is -0.488 e. The third kappa shape index (κ3) is 3.28. The van der Waals surface area contributed by atoms with Gasteiger partial charge in [-0.15, -0.1) is 11.3 Å². The van der Waals surface area contributed by atoms with Gasteiger partial charge in [0, 0.05) is 18.3 Å². The number of ether oxygens (including phenoxy) is 3. The van der Waals surface area contributed by atoms with Crippen LogP contribution in [0.2, 0.25) is 0 Å². The Labute approximate surface area is 127 Å². The molecule has 1 atom stereocenters. The number of benzene rings is 1. The van der Waals surface area contributed by atoms with E-state index in [9.17, 15) is 0 Å².